The van der Waals surface area contributed by atoms with Crippen molar-refractivity contribution in [2.75, 3.05) is 5.32 Å². The molecule has 6 heteroatoms. The summed E-state index contributed by atoms with van der Waals surface area (Å²) in [5, 5.41) is 14.6. The molecule has 106 valence electrons. The zero-order chi connectivity index (χ0) is 14.4. The van der Waals surface area contributed by atoms with Gasteiger partial charge in [0.2, 0.25) is 5.91 Å². The number of hydrogen-bond donors (Lipinski definition) is 1. The number of allylic oxidation sites excluding steroid dienone is 2. The summed E-state index contributed by atoms with van der Waals surface area (Å²) < 4.78 is 0. The normalized spacial score (nSPS) is 30.7. The average Bonchev–Trinajstić information content (AvgIpc) is 3.04. The zero-order valence-corrected chi connectivity index (χ0v) is 12.1. The summed E-state index contributed by atoms with van der Waals surface area (Å²) >= 11 is 1.41. The molecular formula is C14H15N2O3S-. The van der Waals surface area contributed by atoms with Gasteiger partial charge in [0.25, 0.3) is 0 Å². The second kappa shape index (κ2) is 4.70. The Balaban J connectivity index is 1.79. The molecule has 1 aromatic heterocycles. The first-order valence-corrected chi connectivity index (χ1v) is 7.43. The number of aliphatic carboxylic acids is 1. The molecule has 1 fully saturated rings. The van der Waals surface area contributed by atoms with Crippen molar-refractivity contribution in [1.29, 1.82) is 0 Å². The van der Waals surface area contributed by atoms with Crippen molar-refractivity contribution in [1.82, 2.24) is 4.98 Å². The molecule has 1 heterocycles. The number of carbonyl (C=O) groups excluding carboxylic acids is 2. The van der Waals surface area contributed by atoms with Crippen molar-refractivity contribution < 1.29 is 14.7 Å². The maximum atomic E-state index is 12.4. The molecule has 1 N–H and O–H groups in total. The molecule has 1 saturated carbocycles. The van der Waals surface area contributed by atoms with E-state index in [-0.39, 0.29) is 17.7 Å². The summed E-state index contributed by atoms with van der Waals surface area (Å²) in [6, 6.07) is 0. The molecule has 0 unspecified atom stereocenters. The zero-order valence-electron chi connectivity index (χ0n) is 11.3. The summed E-state index contributed by atoms with van der Waals surface area (Å²) in [5.74, 6) is -2.71. The van der Waals surface area contributed by atoms with Crippen molar-refractivity contribution in [2.45, 2.75) is 20.3 Å². The van der Waals surface area contributed by atoms with Crippen molar-refractivity contribution in [3.63, 3.8) is 0 Å². The number of thiazole rings is 1. The van der Waals surface area contributed by atoms with Crippen LogP contribution in [0.3, 0.4) is 0 Å². The van der Waals surface area contributed by atoms with E-state index in [9.17, 15) is 14.7 Å². The van der Waals surface area contributed by atoms with E-state index in [4.69, 9.17) is 0 Å². The molecule has 3 rings (SSSR count). The lowest BCUT2D eigenvalue weighted by Gasteiger charge is -2.27. The van der Waals surface area contributed by atoms with Gasteiger partial charge in [-0.2, -0.15) is 0 Å². The van der Waals surface area contributed by atoms with Crippen LogP contribution in [0.4, 0.5) is 5.13 Å². The van der Waals surface area contributed by atoms with Gasteiger partial charge in [-0.25, -0.2) is 4.98 Å². The molecule has 5 nitrogen and oxygen atoms in total. The monoisotopic (exact) mass is 291 g/mol. The number of rotatable bonds is 3. The maximum Gasteiger partial charge on any atom is 0.230 e. The van der Waals surface area contributed by atoms with E-state index in [0.717, 1.165) is 17.0 Å². The lowest BCUT2D eigenvalue weighted by Crippen LogP contribution is -2.42. The molecule has 0 radical (unpaired) electrons. The van der Waals surface area contributed by atoms with Crippen LogP contribution in [0.2, 0.25) is 0 Å². The molecule has 0 saturated heterocycles. The molecule has 1 amide bonds. The highest BCUT2D eigenvalue weighted by Crippen LogP contribution is 2.48. The van der Waals surface area contributed by atoms with Gasteiger partial charge in [-0.15, -0.1) is 11.3 Å². The minimum atomic E-state index is -1.13. The van der Waals surface area contributed by atoms with Gasteiger partial charge in [-0.3, -0.25) is 4.79 Å². The van der Waals surface area contributed by atoms with Crippen LogP contribution in [0.5, 0.6) is 0 Å². The van der Waals surface area contributed by atoms with E-state index in [0.29, 0.717) is 5.13 Å². The van der Waals surface area contributed by atoms with Crippen LogP contribution < -0.4 is 10.4 Å². The fourth-order valence-electron chi connectivity index (χ4n) is 3.22. The van der Waals surface area contributed by atoms with Gasteiger partial charge in [0.15, 0.2) is 5.13 Å². The van der Waals surface area contributed by atoms with Gasteiger partial charge >= 0.3 is 0 Å². The van der Waals surface area contributed by atoms with E-state index in [1.807, 2.05) is 26.0 Å². The number of fused-ring (bicyclic) bond motifs is 2. The van der Waals surface area contributed by atoms with Crippen LogP contribution in [0.25, 0.3) is 0 Å². The quantitative estimate of drug-likeness (QED) is 0.838. The van der Waals surface area contributed by atoms with E-state index >= 15 is 0 Å². The van der Waals surface area contributed by atoms with Crippen molar-refractivity contribution in [3.8, 4) is 0 Å². The third kappa shape index (κ3) is 2.04. The molecule has 4 atom stereocenters. The second-order valence-corrected chi connectivity index (χ2v) is 6.67. The molecule has 2 bridgehead atoms. The number of anilines is 1. The second-order valence-electron chi connectivity index (χ2n) is 5.47. The number of nitrogens with one attached hydrogen (secondary N) is 1. The fourth-order valence-corrected chi connectivity index (χ4v) is 4.03. The SMILES string of the molecule is Cc1nc(NC(=O)[C@@H]2[C@@H](C(=O)[O-])[C@H]3C=C[C@@H]2C3)sc1C. The van der Waals surface area contributed by atoms with Gasteiger partial charge in [0.1, 0.15) is 0 Å². The van der Waals surface area contributed by atoms with Crippen LogP contribution in [-0.2, 0) is 9.59 Å². The summed E-state index contributed by atoms with van der Waals surface area (Å²) in [6.45, 7) is 3.82. The minimum absolute atomic E-state index is 0.00468. The Hall–Kier alpha value is -1.69. The predicted octanol–water partition coefficient (Wildman–Crippen LogP) is 0.887. The van der Waals surface area contributed by atoms with E-state index in [1.165, 1.54) is 11.3 Å². The Kier molecular flexibility index (Phi) is 3.12. The number of nitrogens with zero attached hydrogens (tertiary/aromatic N) is 1. The first-order valence-electron chi connectivity index (χ1n) is 6.61. The number of aromatic nitrogens is 1. The van der Waals surface area contributed by atoms with Crippen molar-refractivity contribution in [3.05, 3.63) is 22.7 Å². The number of carboxylic acids is 1. The van der Waals surface area contributed by atoms with Crippen LogP contribution in [0.15, 0.2) is 12.2 Å². The van der Waals surface area contributed by atoms with Crippen molar-refractivity contribution in [2.24, 2.45) is 23.7 Å². The van der Waals surface area contributed by atoms with E-state index < -0.39 is 17.8 Å². The highest BCUT2D eigenvalue weighted by atomic mass is 32.1. The first-order chi connectivity index (χ1) is 9.47. The van der Waals surface area contributed by atoms with E-state index in [2.05, 4.69) is 10.3 Å². The molecule has 2 aliphatic carbocycles. The standard InChI is InChI=1S/C14H16N2O3S/c1-6-7(2)20-14(15-6)16-12(17)10-8-3-4-9(5-8)11(10)13(18)19/h3-4,8-11H,5H2,1-2H3,(H,18,19)(H,15,16,17)/p-1/t8-,9+,10+,11+/m1/s1. The Morgan fingerprint density at radius 2 is 1.95 bits per heavy atom. The average molecular weight is 291 g/mol. The smallest absolute Gasteiger partial charge is 0.230 e. The summed E-state index contributed by atoms with van der Waals surface area (Å²) in [5.41, 5.74) is 0.884. The lowest BCUT2D eigenvalue weighted by atomic mass is 9.82. The highest BCUT2D eigenvalue weighted by Gasteiger charge is 2.48. The number of hydrogen-bond acceptors (Lipinski definition) is 5. The number of amides is 1. The molecular weight excluding hydrogens is 276 g/mol. The van der Waals surface area contributed by atoms with Crippen LogP contribution >= 0.6 is 11.3 Å². The van der Waals surface area contributed by atoms with Crippen LogP contribution in [0.1, 0.15) is 17.0 Å². The minimum Gasteiger partial charge on any atom is -0.550 e. The summed E-state index contributed by atoms with van der Waals surface area (Å²) in [7, 11) is 0. The van der Waals surface area contributed by atoms with Crippen LogP contribution in [0, 0.1) is 37.5 Å². The molecule has 0 spiro atoms. The van der Waals surface area contributed by atoms with Crippen LogP contribution in [-0.4, -0.2) is 16.9 Å². The Labute approximate surface area is 120 Å². The molecule has 20 heavy (non-hydrogen) atoms. The van der Waals surface area contributed by atoms with Gasteiger partial charge in [0.05, 0.1) is 11.6 Å². The Morgan fingerprint density at radius 1 is 1.30 bits per heavy atom. The van der Waals surface area contributed by atoms with Gasteiger partial charge in [0, 0.05) is 16.8 Å². The fraction of sp³-hybridized carbons (Fsp3) is 0.500. The largest absolute Gasteiger partial charge is 0.550 e. The van der Waals surface area contributed by atoms with Gasteiger partial charge < -0.3 is 15.2 Å². The predicted molar refractivity (Wildman–Crippen MR) is 72.9 cm³/mol. The summed E-state index contributed by atoms with van der Waals surface area (Å²) in [4.78, 5) is 29.0. The number of aryl methyl sites for hydroxylation is 2. The van der Waals surface area contributed by atoms with Crippen molar-refractivity contribution >= 4 is 28.3 Å². The van der Waals surface area contributed by atoms with Gasteiger partial charge in [-0.1, -0.05) is 12.2 Å². The molecule has 1 aromatic rings. The third-order valence-corrected chi connectivity index (χ3v) is 5.28. The molecule has 0 aromatic carbocycles. The highest BCUT2D eigenvalue weighted by molar-refractivity contribution is 7.15. The topological polar surface area (TPSA) is 82.1 Å². The lowest BCUT2D eigenvalue weighted by molar-refractivity contribution is -0.313. The first kappa shape index (κ1) is 13.3. The van der Waals surface area contributed by atoms with Gasteiger partial charge in [-0.05, 0) is 32.1 Å². The third-order valence-electron chi connectivity index (χ3n) is 4.29. The molecule has 0 aliphatic heterocycles. The molecule has 2 aliphatic rings. The van der Waals surface area contributed by atoms with E-state index in [1.54, 1.807) is 0 Å². The Morgan fingerprint density at radius 3 is 2.50 bits per heavy atom. The number of carboxylic acid groups (broad SMARTS) is 1. The number of carbonyl (C=O) groups is 2. The Bertz CT molecular complexity index is 588. The summed E-state index contributed by atoms with van der Waals surface area (Å²) in [6.07, 6.45) is 4.58. The maximum absolute atomic E-state index is 12.4.